The molecule has 3 rings (SSSR count). The van der Waals surface area contributed by atoms with Crippen molar-refractivity contribution in [1.82, 2.24) is 5.32 Å². The minimum Gasteiger partial charge on any atom is -0.349 e. The number of hydrogen-bond donors (Lipinski definition) is 2. The van der Waals surface area contributed by atoms with Crippen LogP contribution in [0.15, 0.2) is 51.8 Å². The van der Waals surface area contributed by atoms with Gasteiger partial charge in [0.05, 0.1) is 16.3 Å². The van der Waals surface area contributed by atoms with Crippen molar-refractivity contribution in [2.24, 2.45) is 0 Å². The van der Waals surface area contributed by atoms with Gasteiger partial charge in [-0.25, -0.2) is 8.42 Å². The van der Waals surface area contributed by atoms with E-state index in [-0.39, 0.29) is 33.1 Å². The zero-order valence-corrected chi connectivity index (χ0v) is 15.6. The maximum Gasteiger partial charge on any atom is 0.263 e. The molecule has 1 amide bonds. The van der Waals surface area contributed by atoms with Crippen LogP contribution >= 0.6 is 27.5 Å². The highest BCUT2D eigenvalue weighted by Crippen LogP contribution is 2.28. The number of sulfonamides is 1. The van der Waals surface area contributed by atoms with Crippen LogP contribution in [0.2, 0.25) is 5.02 Å². The molecule has 0 aromatic heterocycles. The number of rotatable bonds is 5. The summed E-state index contributed by atoms with van der Waals surface area (Å²) in [7, 11) is -3.91. The molecule has 2 aromatic rings. The Kier molecular flexibility index (Phi) is 4.85. The van der Waals surface area contributed by atoms with Gasteiger partial charge < -0.3 is 5.32 Å². The predicted molar refractivity (Wildman–Crippen MR) is 96.9 cm³/mol. The Labute approximate surface area is 153 Å². The first-order valence-corrected chi connectivity index (χ1v) is 9.90. The second-order valence-electron chi connectivity index (χ2n) is 5.47. The van der Waals surface area contributed by atoms with E-state index in [1.54, 1.807) is 30.3 Å². The van der Waals surface area contributed by atoms with E-state index in [9.17, 15) is 13.2 Å². The summed E-state index contributed by atoms with van der Waals surface area (Å²) in [5.74, 6) is -0.294. The molecule has 0 bridgehead atoms. The van der Waals surface area contributed by atoms with Crippen molar-refractivity contribution in [3.8, 4) is 0 Å². The summed E-state index contributed by atoms with van der Waals surface area (Å²) >= 11 is 9.27. The van der Waals surface area contributed by atoms with Crippen LogP contribution in [0.25, 0.3) is 0 Å². The van der Waals surface area contributed by atoms with Crippen molar-refractivity contribution < 1.29 is 13.2 Å². The molecule has 8 heteroatoms. The van der Waals surface area contributed by atoms with Gasteiger partial charge in [-0.3, -0.25) is 9.52 Å². The maximum absolute atomic E-state index is 12.6. The fourth-order valence-electron chi connectivity index (χ4n) is 2.15. The largest absolute Gasteiger partial charge is 0.349 e. The Morgan fingerprint density at radius 3 is 2.54 bits per heavy atom. The average molecular weight is 430 g/mol. The van der Waals surface area contributed by atoms with E-state index in [1.165, 1.54) is 12.1 Å². The van der Waals surface area contributed by atoms with E-state index in [0.717, 1.165) is 12.8 Å². The zero-order valence-electron chi connectivity index (χ0n) is 12.4. The van der Waals surface area contributed by atoms with E-state index >= 15 is 0 Å². The number of hydrogen-bond acceptors (Lipinski definition) is 3. The molecule has 2 N–H and O–H groups in total. The van der Waals surface area contributed by atoms with Gasteiger partial charge in [-0.15, -0.1) is 0 Å². The molecular formula is C16H14BrClN2O3S. The van der Waals surface area contributed by atoms with Gasteiger partial charge in [0.15, 0.2) is 0 Å². The standard InChI is InChI=1S/C16H14BrClN2O3S/c17-10-5-8-15(13(18)9-10)24(22,23)20-14-4-2-1-3-12(14)16(21)19-11-6-7-11/h1-5,8-9,11,20H,6-7H2,(H,19,21). The SMILES string of the molecule is O=C(NC1CC1)c1ccccc1NS(=O)(=O)c1ccc(Br)cc1Cl. The summed E-state index contributed by atoms with van der Waals surface area (Å²) in [5.41, 5.74) is 0.496. The summed E-state index contributed by atoms with van der Waals surface area (Å²) in [6.45, 7) is 0. The van der Waals surface area contributed by atoms with Crippen LogP contribution in [0.4, 0.5) is 5.69 Å². The molecule has 2 aromatic carbocycles. The maximum atomic E-state index is 12.6. The molecule has 1 aliphatic rings. The van der Waals surface area contributed by atoms with Crippen LogP contribution in [0.1, 0.15) is 23.2 Å². The number of benzene rings is 2. The molecule has 0 heterocycles. The zero-order chi connectivity index (χ0) is 17.3. The number of para-hydroxylation sites is 1. The third kappa shape index (κ3) is 3.91. The van der Waals surface area contributed by atoms with Gasteiger partial charge in [-0.2, -0.15) is 0 Å². The summed E-state index contributed by atoms with van der Waals surface area (Å²) in [6.07, 6.45) is 1.91. The lowest BCUT2D eigenvalue weighted by atomic mass is 10.1. The van der Waals surface area contributed by atoms with Crippen LogP contribution < -0.4 is 10.0 Å². The fourth-order valence-corrected chi connectivity index (χ4v) is 4.27. The van der Waals surface area contributed by atoms with Crippen LogP contribution in [-0.2, 0) is 10.0 Å². The Balaban J connectivity index is 1.91. The average Bonchev–Trinajstić information content (AvgIpc) is 3.30. The quantitative estimate of drug-likeness (QED) is 0.759. The minimum atomic E-state index is -3.91. The molecule has 0 atom stereocenters. The van der Waals surface area contributed by atoms with Gasteiger partial charge in [0.25, 0.3) is 15.9 Å². The second-order valence-corrected chi connectivity index (χ2v) is 8.45. The highest BCUT2D eigenvalue weighted by atomic mass is 79.9. The Morgan fingerprint density at radius 1 is 1.17 bits per heavy atom. The van der Waals surface area contributed by atoms with Gasteiger partial charge in [-0.1, -0.05) is 39.7 Å². The molecule has 5 nitrogen and oxygen atoms in total. The molecule has 1 saturated carbocycles. The normalized spacial score (nSPS) is 14.2. The third-order valence-electron chi connectivity index (χ3n) is 3.51. The van der Waals surface area contributed by atoms with Crippen LogP contribution in [0.5, 0.6) is 0 Å². The molecule has 0 spiro atoms. The Morgan fingerprint density at radius 2 is 1.88 bits per heavy atom. The van der Waals surface area contributed by atoms with Crippen molar-refractivity contribution in [2.45, 2.75) is 23.8 Å². The third-order valence-corrected chi connectivity index (χ3v) is 5.85. The van der Waals surface area contributed by atoms with E-state index in [4.69, 9.17) is 11.6 Å². The molecule has 0 aliphatic heterocycles. The highest BCUT2D eigenvalue weighted by Gasteiger charge is 2.26. The summed E-state index contributed by atoms with van der Waals surface area (Å²) in [5, 5.41) is 2.94. The predicted octanol–water partition coefficient (Wildman–Crippen LogP) is 3.80. The Bertz CT molecular complexity index is 898. The van der Waals surface area contributed by atoms with Gasteiger partial charge in [0, 0.05) is 10.5 Å². The summed E-state index contributed by atoms with van der Waals surface area (Å²) in [6, 6.07) is 11.2. The van der Waals surface area contributed by atoms with Crippen molar-refractivity contribution in [2.75, 3.05) is 4.72 Å². The van der Waals surface area contributed by atoms with Gasteiger partial charge in [0.1, 0.15) is 4.90 Å². The lowest BCUT2D eigenvalue weighted by Gasteiger charge is -2.13. The number of anilines is 1. The molecule has 126 valence electrons. The van der Waals surface area contributed by atoms with Crippen LogP contribution in [0, 0.1) is 0 Å². The lowest BCUT2D eigenvalue weighted by molar-refractivity contribution is 0.0952. The molecule has 0 saturated heterocycles. The first-order valence-electron chi connectivity index (χ1n) is 7.24. The second kappa shape index (κ2) is 6.74. The first-order chi connectivity index (χ1) is 11.4. The van der Waals surface area contributed by atoms with E-state index in [2.05, 4.69) is 26.0 Å². The van der Waals surface area contributed by atoms with Gasteiger partial charge in [0.2, 0.25) is 0 Å². The number of carbonyl (C=O) groups is 1. The smallest absolute Gasteiger partial charge is 0.263 e. The van der Waals surface area contributed by atoms with Gasteiger partial charge >= 0.3 is 0 Å². The summed E-state index contributed by atoms with van der Waals surface area (Å²) in [4.78, 5) is 12.2. The van der Waals surface area contributed by atoms with E-state index < -0.39 is 10.0 Å². The molecule has 1 aliphatic carbocycles. The monoisotopic (exact) mass is 428 g/mol. The van der Waals surface area contributed by atoms with E-state index in [0.29, 0.717) is 4.47 Å². The van der Waals surface area contributed by atoms with Crippen molar-refractivity contribution >= 4 is 49.1 Å². The van der Waals surface area contributed by atoms with Crippen molar-refractivity contribution in [1.29, 1.82) is 0 Å². The Hall–Kier alpha value is -1.57. The lowest BCUT2D eigenvalue weighted by Crippen LogP contribution is -2.27. The summed E-state index contributed by atoms with van der Waals surface area (Å²) < 4.78 is 28.3. The van der Waals surface area contributed by atoms with E-state index in [1.807, 2.05) is 0 Å². The molecule has 0 unspecified atom stereocenters. The molecular weight excluding hydrogens is 416 g/mol. The molecule has 1 fully saturated rings. The number of nitrogens with one attached hydrogen (secondary N) is 2. The number of halogens is 2. The first kappa shape index (κ1) is 17.3. The number of amides is 1. The van der Waals surface area contributed by atoms with Crippen molar-refractivity contribution in [3.63, 3.8) is 0 Å². The van der Waals surface area contributed by atoms with Crippen molar-refractivity contribution in [3.05, 3.63) is 57.5 Å². The molecule has 24 heavy (non-hydrogen) atoms. The fraction of sp³-hybridized carbons (Fsp3) is 0.188. The van der Waals surface area contributed by atoms with Crippen LogP contribution in [-0.4, -0.2) is 20.4 Å². The topological polar surface area (TPSA) is 75.3 Å². The van der Waals surface area contributed by atoms with Gasteiger partial charge in [-0.05, 0) is 43.2 Å². The highest BCUT2D eigenvalue weighted by molar-refractivity contribution is 9.10. The minimum absolute atomic E-state index is 0.0511. The molecule has 0 radical (unpaired) electrons. The number of carbonyl (C=O) groups excluding carboxylic acids is 1. The van der Waals surface area contributed by atoms with Crippen LogP contribution in [0.3, 0.4) is 0 Å².